The molecule has 2 N–H and O–H groups in total. The van der Waals surface area contributed by atoms with Crippen molar-refractivity contribution >= 4 is 17.3 Å². The van der Waals surface area contributed by atoms with Gasteiger partial charge in [-0.05, 0) is 30.3 Å². The summed E-state index contributed by atoms with van der Waals surface area (Å²) in [6.45, 7) is 0. The van der Waals surface area contributed by atoms with Crippen LogP contribution >= 0.6 is 11.6 Å². The third-order valence-electron chi connectivity index (χ3n) is 2.43. The summed E-state index contributed by atoms with van der Waals surface area (Å²) in [4.78, 5) is 0. The van der Waals surface area contributed by atoms with Gasteiger partial charge in [-0.25, -0.2) is 4.39 Å². The van der Waals surface area contributed by atoms with E-state index in [0.29, 0.717) is 0 Å². The smallest absolute Gasteiger partial charge is 0.420 e. The van der Waals surface area contributed by atoms with Crippen LogP contribution in [0.3, 0.4) is 0 Å². The number of hydrogen-bond donors (Lipinski definition) is 1. The number of nitrogen functional groups attached to an aromatic ring is 1. The first-order chi connectivity index (χ1) is 9.27. The molecule has 0 amide bonds. The molecule has 0 aliphatic heterocycles. The van der Waals surface area contributed by atoms with E-state index in [-0.39, 0.29) is 16.5 Å². The first-order valence-corrected chi connectivity index (χ1v) is 5.75. The fraction of sp³-hybridized carbons (Fsp3) is 0.0769. The van der Waals surface area contributed by atoms with E-state index in [1.807, 2.05) is 0 Å². The van der Waals surface area contributed by atoms with Crippen LogP contribution in [-0.2, 0) is 6.18 Å². The number of alkyl halides is 3. The average Bonchev–Trinajstić information content (AvgIpc) is 2.35. The van der Waals surface area contributed by atoms with Crippen LogP contribution in [0, 0.1) is 5.82 Å². The Kier molecular flexibility index (Phi) is 3.76. The Hall–Kier alpha value is -1.95. The van der Waals surface area contributed by atoms with Crippen LogP contribution in [0.1, 0.15) is 5.56 Å². The standard InChI is InChI=1S/C13H8ClF4NO/c14-10-6-8(2-3-11(10)15)20-12-4-1-7(19)5-9(12)13(16,17)18/h1-6H,19H2. The first kappa shape index (κ1) is 14.5. The summed E-state index contributed by atoms with van der Waals surface area (Å²) < 4.78 is 56.6. The minimum absolute atomic E-state index is 0.00771. The molecule has 20 heavy (non-hydrogen) atoms. The number of halogens is 5. The number of hydrogen-bond acceptors (Lipinski definition) is 2. The van der Waals surface area contributed by atoms with E-state index >= 15 is 0 Å². The maximum absolute atomic E-state index is 13.0. The predicted molar refractivity (Wildman–Crippen MR) is 67.3 cm³/mol. The van der Waals surface area contributed by atoms with Crippen LogP contribution in [-0.4, -0.2) is 0 Å². The Bertz CT molecular complexity index is 643. The van der Waals surface area contributed by atoms with Crippen molar-refractivity contribution < 1.29 is 22.3 Å². The van der Waals surface area contributed by atoms with Crippen molar-refractivity contribution in [1.82, 2.24) is 0 Å². The molecule has 7 heteroatoms. The van der Waals surface area contributed by atoms with E-state index in [4.69, 9.17) is 22.1 Å². The Balaban J connectivity index is 2.40. The molecule has 2 aromatic rings. The predicted octanol–water partition coefficient (Wildman–Crippen LogP) is 4.87. The fourth-order valence-electron chi connectivity index (χ4n) is 1.53. The summed E-state index contributed by atoms with van der Waals surface area (Å²) in [6, 6.07) is 6.40. The number of rotatable bonds is 2. The first-order valence-electron chi connectivity index (χ1n) is 5.37. The zero-order chi connectivity index (χ0) is 14.9. The molecular weight excluding hydrogens is 298 g/mol. The molecule has 0 spiro atoms. The summed E-state index contributed by atoms with van der Waals surface area (Å²) in [5.74, 6) is -1.13. The molecule has 0 unspecified atom stereocenters. The molecule has 0 radical (unpaired) electrons. The van der Waals surface area contributed by atoms with Crippen molar-refractivity contribution in [2.75, 3.05) is 5.73 Å². The molecule has 0 heterocycles. The highest BCUT2D eigenvalue weighted by Gasteiger charge is 2.34. The lowest BCUT2D eigenvalue weighted by Crippen LogP contribution is -2.08. The van der Waals surface area contributed by atoms with Gasteiger partial charge >= 0.3 is 6.18 Å². The summed E-state index contributed by atoms with van der Waals surface area (Å²) in [6.07, 6.45) is -4.62. The van der Waals surface area contributed by atoms with E-state index in [1.54, 1.807) is 0 Å². The maximum Gasteiger partial charge on any atom is 0.420 e. The van der Waals surface area contributed by atoms with Crippen molar-refractivity contribution in [3.63, 3.8) is 0 Å². The topological polar surface area (TPSA) is 35.2 Å². The van der Waals surface area contributed by atoms with Crippen molar-refractivity contribution in [2.45, 2.75) is 6.18 Å². The second-order valence-electron chi connectivity index (χ2n) is 3.93. The third kappa shape index (κ3) is 3.14. The number of ether oxygens (including phenoxy) is 1. The molecule has 106 valence electrons. The van der Waals surface area contributed by atoms with Gasteiger partial charge in [0.05, 0.1) is 5.02 Å². The van der Waals surface area contributed by atoms with Crippen LogP contribution in [0.15, 0.2) is 36.4 Å². The molecule has 0 saturated carbocycles. The van der Waals surface area contributed by atoms with Gasteiger partial charge in [0.2, 0.25) is 0 Å². The molecule has 0 aromatic heterocycles. The zero-order valence-corrected chi connectivity index (χ0v) is 10.6. The van der Waals surface area contributed by atoms with Crippen molar-refractivity contribution in [1.29, 1.82) is 0 Å². The van der Waals surface area contributed by atoms with Gasteiger partial charge < -0.3 is 10.5 Å². The van der Waals surface area contributed by atoms with Gasteiger partial charge in [-0.15, -0.1) is 0 Å². The lowest BCUT2D eigenvalue weighted by atomic mass is 10.1. The van der Waals surface area contributed by atoms with Gasteiger partial charge in [-0.3, -0.25) is 0 Å². The Morgan fingerprint density at radius 2 is 1.75 bits per heavy atom. The maximum atomic E-state index is 13.0. The molecule has 0 atom stereocenters. The van der Waals surface area contributed by atoms with Crippen LogP contribution in [0.2, 0.25) is 5.02 Å². The third-order valence-corrected chi connectivity index (χ3v) is 2.72. The van der Waals surface area contributed by atoms with Gasteiger partial charge in [0, 0.05) is 11.8 Å². The normalized spacial score (nSPS) is 11.4. The molecule has 0 bridgehead atoms. The largest absolute Gasteiger partial charge is 0.457 e. The summed E-state index contributed by atoms with van der Waals surface area (Å²) >= 11 is 5.54. The number of benzene rings is 2. The Labute approximate surface area is 116 Å². The molecule has 0 saturated heterocycles. The zero-order valence-electron chi connectivity index (χ0n) is 9.84. The van der Waals surface area contributed by atoms with Crippen LogP contribution < -0.4 is 10.5 Å². The van der Waals surface area contributed by atoms with Crippen molar-refractivity contribution in [3.8, 4) is 11.5 Å². The fourth-order valence-corrected chi connectivity index (χ4v) is 1.70. The Morgan fingerprint density at radius 3 is 2.35 bits per heavy atom. The lowest BCUT2D eigenvalue weighted by Gasteiger charge is -2.14. The van der Waals surface area contributed by atoms with Gasteiger partial charge in [0.25, 0.3) is 0 Å². The summed E-state index contributed by atoms with van der Waals surface area (Å²) in [5, 5.41) is -0.244. The molecule has 2 aromatic carbocycles. The van der Waals surface area contributed by atoms with E-state index in [9.17, 15) is 17.6 Å². The van der Waals surface area contributed by atoms with E-state index in [1.165, 1.54) is 12.1 Å². The monoisotopic (exact) mass is 305 g/mol. The van der Waals surface area contributed by atoms with Crippen LogP contribution in [0.5, 0.6) is 11.5 Å². The number of anilines is 1. The highest BCUT2D eigenvalue weighted by atomic mass is 35.5. The highest BCUT2D eigenvalue weighted by Crippen LogP contribution is 2.39. The van der Waals surface area contributed by atoms with Crippen molar-refractivity contribution in [2.24, 2.45) is 0 Å². The SMILES string of the molecule is Nc1ccc(Oc2ccc(F)c(Cl)c2)c(C(F)(F)F)c1. The summed E-state index contributed by atoms with van der Waals surface area (Å²) in [5.41, 5.74) is 4.28. The van der Waals surface area contributed by atoms with Gasteiger partial charge in [0.1, 0.15) is 22.9 Å². The second-order valence-corrected chi connectivity index (χ2v) is 4.34. The second kappa shape index (κ2) is 5.20. The van der Waals surface area contributed by atoms with Gasteiger partial charge in [0.15, 0.2) is 0 Å². The Morgan fingerprint density at radius 1 is 1.05 bits per heavy atom. The molecule has 0 aliphatic carbocycles. The number of nitrogens with two attached hydrogens (primary N) is 1. The minimum Gasteiger partial charge on any atom is -0.457 e. The van der Waals surface area contributed by atoms with E-state index in [2.05, 4.69) is 0 Å². The summed E-state index contributed by atoms with van der Waals surface area (Å²) in [7, 11) is 0. The highest BCUT2D eigenvalue weighted by molar-refractivity contribution is 6.30. The quantitative estimate of drug-likeness (QED) is 0.634. The van der Waals surface area contributed by atoms with E-state index in [0.717, 1.165) is 24.3 Å². The van der Waals surface area contributed by atoms with Crippen LogP contribution in [0.25, 0.3) is 0 Å². The van der Waals surface area contributed by atoms with Crippen molar-refractivity contribution in [3.05, 3.63) is 52.8 Å². The van der Waals surface area contributed by atoms with Gasteiger partial charge in [-0.1, -0.05) is 11.6 Å². The average molecular weight is 306 g/mol. The molecule has 2 rings (SSSR count). The lowest BCUT2D eigenvalue weighted by molar-refractivity contribution is -0.138. The molecular formula is C13H8ClF4NO. The molecule has 0 fully saturated rings. The van der Waals surface area contributed by atoms with Crippen LogP contribution in [0.4, 0.5) is 23.2 Å². The molecule has 2 nitrogen and oxygen atoms in total. The minimum atomic E-state index is -4.62. The van der Waals surface area contributed by atoms with Gasteiger partial charge in [-0.2, -0.15) is 13.2 Å². The van der Waals surface area contributed by atoms with E-state index < -0.39 is 23.3 Å². The molecule has 0 aliphatic rings.